The molecule has 0 amide bonds. The summed E-state index contributed by atoms with van der Waals surface area (Å²) in [6.45, 7) is 2.27. The molecule has 0 atom stereocenters. The fraction of sp³-hybridized carbons (Fsp3) is 0.500. The monoisotopic (exact) mass is 272 g/mol. The van der Waals surface area contributed by atoms with Gasteiger partial charge in [0.15, 0.2) is 0 Å². The van der Waals surface area contributed by atoms with E-state index in [0.717, 1.165) is 11.5 Å². The predicted octanol–water partition coefficient (Wildman–Crippen LogP) is 5.00. The number of carboxylic acids is 1. The first-order chi connectivity index (χ1) is 9.69. The van der Waals surface area contributed by atoms with Gasteiger partial charge in [-0.15, -0.1) is 0 Å². The van der Waals surface area contributed by atoms with Crippen molar-refractivity contribution in [3.63, 3.8) is 0 Å². The van der Waals surface area contributed by atoms with Crippen molar-refractivity contribution in [2.45, 2.75) is 45.4 Å². The van der Waals surface area contributed by atoms with Crippen LogP contribution in [-0.2, 0) is 0 Å². The maximum atomic E-state index is 10.8. The van der Waals surface area contributed by atoms with Crippen molar-refractivity contribution in [2.24, 2.45) is 11.8 Å². The summed E-state index contributed by atoms with van der Waals surface area (Å²) in [7, 11) is 0. The summed E-state index contributed by atoms with van der Waals surface area (Å²) in [6, 6.07) is 7.09. The highest BCUT2D eigenvalue weighted by atomic mass is 16.4. The summed E-state index contributed by atoms with van der Waals surface area (Å²) < 4.78 is 0. The Morgan fingerprint density at radius 2 is 1.85 bits per heavy atom. The molecule has 2 rings (SSSR count). The van der Waals surface area contributed by atoms with Gasteiger partial charge in [-0.2, -0.15) is 0 Å². The van der Waals surface area contributed by atoms with Crippen LogP contribution in [0.3, 0.4) is 0 Å². The highest BCUT2D eigenvalue weighted by Gasteiger charge is 2.18. The molecular formula is C18H24O2. The minimum atomic E-state index is -0.866. The largest absolute Gasteiger partial charge is 0.478 e. The van der Waals surface area contributed by atoms with Crippen molar-refractivity contribution in [3.05, 3.63) is 41.5 Å². The topological polar surface area (TPSA) is 37.3 Å². The molecule has 1 fully saturated rings. The first-order valence-corrected chi connectivity index (χ1v) is 7.70. The average molecular weight is 272 g/mol. The summed E-state index contributed by atoms with van der Waals surface area (Å²) in [6.07, 6.45) is 12.5. The smallest absolute Gasteiger partial charge is 0.335 e. The van der Waals surface area contributed by atoms with Gasteiger partial charge in [0.25, 0.3) is 0 Å². The fourth-order valence-electron chi connectivity index (χ4n) is 3.06. The standard InChI is InChI=1S/C18H24O2/c1-2-3-14-4-6-15(7-5-14)8-9-16-10-12-17(13-11-16)18(19)20/h8-15H,2-7H2,1H3,(H,19,20)/t14-,15-. The van der Waals surface area contributed by atoms with E-state index in [1.54, 1.807) is 12.1 Å². The molecule has 108 valence electrons. The van der Waals surface area contributed by atoms with E-state index in [9.17, 15) is 4.79 Å². The number of hydrogen-bond donors (Lipinski definition) is 1. The van der Waals surface area contributed by atoms with Gasteiger partial charge in [0.2, 0.25) is 0 Å². The van der Waals surface area contributed by atoms with E-state index in [2.05, 4.69) is 19.1 Å². The van der Waals surface area contributed by atoms with Crippen LogP contribution in [0.25, 0.3) is 6.08 Å². The lowest BCUT2D eigenvalue weighted by Gasteiger charge is -2.26. The van der Waals surface area contributed by atoms with Crippen LogP contribution in [0, 0.1) is 11.8 Å². The summed E-state index contributed by atoms with van der Waals surface area (Å²) >= 11 is 0. The van der Waals surface area contributed by atoms with E-state index in [0.29, 0.717) is 11.5 Å². The molecule has 1 saturated carbocycles. The molecule has 1 aliphatic rings. The molecule has 1 aliphatic carbocycles. The number of aromatic carboxylic acids is 1. The molecule has 0 aromatic heterocycles. The summed E-state index contributed by atoms with van der Waals surface area (Å²) in [4.78, 5) is 10.8. The summed E-state index contributed by atoms with van der Waals surface area (Å²) in [5.74, 6) is 0.775. The van der Waals surface area contributed by atoms with Crippen molar-refractivity contribution in [3.8, 4) is 0 Å². The van der Waals surface area contributed by atoms with Crippen LogP contribution in [0.2, 0.25) is 0 Å². The molecule has 1 aromatic carbocycles. The van der Waals surface area contributed by atoms with Crippen LogP contribution in [0.15, 0.2) is 30.3 Å². The number of rotatable bonds is 5. The Hall–Kier alpha value is -1.57. The molecule has 1 N–H and O–H groups in total. The maximum Gasteiger partial charge on any atom is 0.335 e. The molecule has 0 saturated heterocycles. The Kier molecular flexibility index (Phi) is 5.40. The van der Waals surface area contributed by atoms with E-state index in [4.69, 9.17) is 5.11 Å². The van der Waals surface area contributed by atoms with E-state index >= 15 is 0 Å². The van der Waals surface area contributed by atoms with Gasteiger partial charge in [0, 0.05) is 0 Å². The van der Waals surface area contributed by atoms with Crippen molar-refractivity contribution in [1.82, 2.24) is 0 Å². The van der Waals surface area contributed by atoms with Crippen molar-refractivity contribution in [2.75, 3.05) is 0 Å². The molecule has 0 unspecified atom stereocenters. The molecule has 0 bridgehead atoms. The first kappa shape index (κ1) is 14.8. The van der Waals surface area contributed by atoms with Gasteiger partial charge >= 0.3 is 5.97 Å². The molecular weight excluding hydrogens is 248 g/mol. The molecule has 2 heteroatoms. The van der Waals surface area contributed by atoms with Gasteiger partial charge in [-0.3, -0.25) is 0 Å². The summed E-state index contributed by atoms with van der Waals surface area (Å²) in [5.41, 5.74) is 1.44. The number of allylic oxidation sites excluding steroid dienone is 1. The van der Waals surface area contributed by atoms with Crippen molar-refractivity contribution in [1.29, 1.82) is 0 Å². The lowest BCUT2D eigenvalue weighted by molar-refractivity contribution is 0.0697. The Balaban J connectivity index is 1.85. The number of hydrogen-bond acceptors (Lipinski definition) is 1. The molecule has 2 nitrogen and oxygen atoms in total. The number of benzene rings is 1. The predicted molar refractivity (Wildman–Crippen MR) is 82.8 cm³/mol. The van der Waals surface area contributed by atoms with Crippen molar-refractivity contribution >= 4 is 12.0 Å². The van der Waals surface area contributed by atoms with Gasteiger partial charge in [-0.1, -0.05) is 44.1 Å². The fourth-order valence-corrected chi connectivity index (χ4v) is 3.06. The Morgan fingerprint density at radius 3 is 2.40 bits per heavy atom. The molecule has 0 heterocycles. The SMILES string of the molecule is CCC[C@H]1CC[C@H](C=Cc2ccc(C(=O)O)cc2)CC1. The second-order valence-corrected chi connectivity index (χ2v) is 5.86. The minimum Gasteiger partial charge on any atom is -0.478 e. The van der Waals surface area contributed by atoms with Gasteiger partial charge in [0.05, 0.1) is 5.56 Å². The Bertz CT molecular complexity index is 451. The maximum absolute atomic E-state index is 10.8. The Morgan fingerprint density at radius 1 is 1.20 bits per heavy atom. The number of carboxylic acid groups (broad SMARTS) is 1. The zero-order valence-electron chi connectivity index (χ0n) is 12.2. The zero-order valence-corrected chi connectivity index (χ0v) is 12.2. The van der Waals surface area contributed by atoms with E-state index in [1.807, 2.05) is 12.1 Å². The Labute approximate surface area is 121 Å². The average Bonchev–Trinajstić information content (AvgIpc) is 2.47. The first-order valence-electron chi connectivity index (χ1n) is 7.70. The van der Waals surface area contributed by atoms with E-state index < -0.39 is 5.97 Å². The lowest BCUT2D eigenvalue weighted by atomic mass is 9.80. The van der Waals surface area contributed by atoms with Crippen LogP contribution in [-0.4, -0.2) is 11.1 Å². The molecule has 0 spiro atoms. The van der Waals surface area contributed by atoms with Crippen LogP contribution < -0.4 is 0 Å². The second-order valence-electron chi connectivity index (χ2n) is 5.86. The number of carbonyl (C=O) groups is 1. The van der Waals surface area contributed by atoms with Crippen molar-refractivity contribution < 1.29 is 9.90 Å². The molecule has 1 aromatic rings. The molecule has 20 heavy (non-hydrogen) atoms. The van der Waals surface area contributed by atoms with E-state index in [-0.39, 0.29) is 0 Å². The van der Waals surface area contributed by atoms with Crippen LogP contribution in [0.5, 0.6) is 0 Å². The zero-order chi connectivity index (χ0) is 14.4. The van der Waals surface area contributed by atoms with Gasteiger partial charge in [-0.05, 0) is 55.2 Å². The lowest BCUT2D eigenvalue weighted by Crippen LogP contribution is -2.12. The molecule has 0 radical (unpaired) electrons. The third kappa shape index (κ3) is 4.22. The van der Waals surface area contributed by atoms with Crippen LogP contribution >= 0.6 is 0 Å². The van der Waals surface area contributed by atoms with Gasteiger partial charge < -0.3 is 5.11 Å². The third-order valence-electron chi connectivity index (χ3n) is 4.31. The third-order valence-corrected chi connectivity index (χ3v) is 4.31. The highest BCUT2D eigenvalue weighted by Crippen LogP contribution is 2.32. The van der Waals surface area contributed by atoms with Crippen LogP contribution in [0.4, 0.5) is 0 Å². The van der Waals surface area contributed by atoms with Gasteiger partial charge in [0.1, 0.15) is 0 Å². The second kappa shape index (κ2) is 7.28. The van der Waals surface area contributed by atoms with Crippen LogP contribution in [0.1, 0.15) is 61.4 Å². The normalized spacial score (nSPS) is 23.1. The molecule has 0 aliphatic heterocycles. The summed E-state index contributed by atoms with van der Waals surface area (Å²) in [5, 5.41) is 8.86. The minimum absolute atomic E-state index is 0.349. The van der Waals surface area contributed by atoms with Gasteiger partial charge in [-0.25, -0.2) is 4.79 Å². The quantitative estimate of drug-likeness (QED) is 0.818. The van der Waals surface area contributed by atoms with E-state index in [1.165, 1.54) is 38.5 Å². The highest BCUT2D eigenvalue weighted by molar-refractivity contribution is 5.87.